The largest absolute Gasteiger partial charge is 0.795 e. The number of amides is 2. The molecule has 0 spiro atoms. The second kappa shape index (κ2) is 6.15. The van der Waals surface area contributed by atoms with Crippen LogP contribution in [0.1, 0.15) is 17.1 Å². The molecule has 2 amide bonds. The highest BCUT2D eigenvalue weighted by Crippen LogP contribution is 2.25. The first kappa shape index (κ1) is 17.2. The zero-order chi connectivity index (χ0) is 17.4. The monoisotopic (exact) mass is 340 g/mol. The van der Waals surface area contributed by atoms with Crippen LogP contribution in [-0.4, -0.2) is 27.1 Å². The highest BCUT2D eigenvalue weighted by molar-refractivity contribution is 7.47. The molecule has 10 nitrogen and oxygen atoms in total. The maximum absolute atomic E-state index is 11.3. The van der Waals surface area contributed by atoms with Crippen LogP contribution in [0.3, 0.4) is 0 Å². The Balaban J connectivity index is 2.20. The standard InChI is InChI=1S/C12H19N6O4P/c1-6-7(2)15-11(13)9-10(6)18(8(3)16-9)5-4-14-12(19)17-23(20,21)22/h4-5H2,1-3H3,(H2,13,15)(H4,14,17,19,20,21,22)/p-2. The zero-order valence-corrected chi connectivity index (χ0v) is 13.8. The van der Waals surface area contributed by atoms with Crippen LogP contribution in [0.15, 0.2) is 0 Å². The van der Waals surface area contributed by atoms with E-state index in [0.29, 0.717) is 23.7 Å². The van der Waals surface area contributed by atoms with Crippen molar-refractivity contribution >= 4 is 30.6 Å². The minimum absolute atomic E-state index is 0.110. The van der Waals surface area contributed by atoms with Gasteiger partial charge >= 0.3 is 6.03 Å². The van der Waals surface area contributed by atoms with E-state index in [4.69, 9.17) is 5.73 Å². The summed E-state index contributed by atoms with van der Waals surface area (Å²) in [5.41, 5.74) is 8.98. The van der Waals surface area contributed by atoms with E-state index >= 15 is 0 Å². The number of nitrogens with two attached hydrogens (primary N) is 1. The fraction of sp³-hybridized carbons (Fsp3) is 0.417. The molecule has 0 aromatic carbocycles. The second-order valence-electron chi connectivity index (χ2n) is 5.08. The Morgan fingerprint density at radius 1 is 1.30 bits per heavy atom. The number of carbonyl (C=O) groups excluding carboxylic acids is 1. The third-order valence-electron chi connectivity index (χ3n) is 3.45. The molecule has 0 radical (unpaired) electrons. The first-order valence-corrected chi connectivity index (χ1v) is 8.32. The van der Waals surface area contributed by atoms with Crippen molar-refractivity contribution in [3.8, 4) is 0 Å². The number of aromatic nitrogens is 3. The fourth-order valence-corrected chi connectivity index (χ4v) is 2.66. The van der Waals surface area contributed by atoms with E-state index in [1.165, 1.54) is 5.09 Å². The van der Waals surface area contributed by atoms with E-state index in [9.17, 15) is 19.1 Å². The van der Waals surface area contributed by atoms with E-state index in [1.807, 2.05) is 18.4 Å². The van der Waals surface area contributed by atoms with Gasteiger partial charge in [0.05, 0.1) is 5.52 Å². The summed E-state index contributed by atoms with van der Waals surface area (Å²) in [5.74, 6) is 1.01. The van der Waals surface area contributed by atoms with Gasteiger partial charge in [0.1, 0.15) is 11.3 Å². The Hall–Kier alpha value is -2.16. The number of imidazole rings is 1. The maximum Gasteiger partial charge on any atom is 0.318 e. The van der Waals surface area contributed by atoms with E-state index in [0.717, 1.165) is 16.8 Å². The number of nitrogen functional groups attached to an aromatic ring is 1. The topological polar surface area (TPSA) is 161 Å². The summed E-state index contributed by atoms with van der Waals surface area (Å²) in [6.07, 6.45) is 0. The van der Waals surface area contributed by atoms with Crippen LogP contribution in [0.2, 0.25) is 0 Å². The van der Waals surface area contributed by atoms with Gasteiger partial charge in [-0.25, -0.2) is 14.8 Å². The van der Waals surface area contributed by atoms with Crippen LogP contribution in [0.5, 0.6) is 0 Å². The number of hydrogen-bond acceptors (Lipinski definition) is 7. The lowest BCUT2D eigenvalue weighted by Crippen LogP contribution is -2.40. The Kier molecular flexibility index (Phi) is 4.60. The van der Waals surface area contributed by atoms with Crippen molar-refractivity contribution in [1.29, 1.82) is 0 Å². The molecule has 0 saturated carbocycles. The highest BCUT2D eigenvalue weighted by Gasteiger charge is 2.15. The van der Waals surface area contributed by atoms with Gasteiger partial charge in [-0.3, -0.25) is 0 Å². The minimum atomic E-state index is -5.10. The number of nitrogens with zero attached hydrogens (tertiary/aromatic N) is 3. The van der Waals surface area contributed by atoms with Crippen LogP contribution < -0.4 is 25.9 Å². The smallest absolute Gasteiger partial charge is 0.318 e. The van der Waals surface area contributed by atoms with Crippen LogP contribution in [0, 0.1) is 20.8 Å². The molecular formula is C12H17N6O4P-2. The van der Waals surface area contributed by atoms with Gasteiger partial charge in [0, 0.05) is 26.5 Å². The Morgan fingerprint density at radius 2 is 1.96 bits per heavy atom. The van der Waals surface area contributed by atoms with Crippen LogP contribution in [0.25, 0.3) is 11.0 Å². The normalized spacial score (nSPS) is 11.7. The summed E-state index contributed by atoms with van der Waals surface area (Å²) < 4.78 is 12.3. The summed E-state index contributed by atoms with van der Waals surface area (Å²) in [5, 5.41) is 3.62. The van der Waals surface area contributed by atoms with Crippen molar-refractivity contribution < 1.29 is 19.1 Å². The molecule has 0 saturated heterocycles. The molecule has 126 valence electrons. The molecule has 2 aromatic rings. The van der Waals surface area contributed by atoms with Gasteiger partial charge in [0.25, 0.3) is 0 Å². The molecule has 0 atom stereocenters. The number of carbonyl (C=O) groups is 1. The average molecular weight is 340 g/mol. The second-order valence-corrected chi connectivity index (χ2v) is 6.30. The molecule has 2 heterocycles. The number of rotatable bonds is 4. The van der Waals surface area contributed by atoms with Crippen molar-refractivity contribution in [3.63, 3.8) is 0 Å². The van der Waals surface area contributed by atoms with E-state index in [2.05, 4.69) is 15.3 Å². The van der Waals surface area contributed by atoms with Crippen molar-refractivity contribution in [2.75, 3.05) is 12.3 Å². The van der Waals surface area contributed by atoms with Crippen molar-refractivity contribution in [3.05, 3.63) is 17.1 Å². The molecule has 0 bridgehead atoms. The summed E-state index contributed by atoms with van der Waals surface area (Å²) in [7, 11) is -5.10. The molecule has 2 rings (SSSR count). The van der Waals surface area contributed by atoms with Gasteiger partial charge in [-0.2, -0.15) is 0 Å². The molecule has 23 heavy (non-hydrogen) atoms. The zero-order valence-electron chi connectivity index (χ0n) is 12.9. The van der Waals surface area contributed by atoms with Gasteiger partial charge in [0.2, 0.25) is 0 Å². The quantitative estimate of drug-likeness (QED) is 0.605. The Bertz CT molecular complexity index is 812. The molecule has 0 aliphatic carbocycles. The third-order valence-corrected chi connectivity index (χ3v) is 3.92. The summed E-state index contributed by atoms with van der Waals surface area (Å²) >= 11 is 0. The summed E-state index contributed by atoms with van der Waals surface area (Å²) in [6.45, 7) is 5.97. The third kappa shape index (κ3) is 3.79. The number of aryl methyl sites for hydroxylation is 3. The fourth-order valence-electron chi connectivity index (χ4n) is 2.33. The van der Waals surface area contributed by atoms with Gasteiger partial charge in [-0.1, -0.05) is 0 Å². The molecule has 0 fully saturated rings. The van der Waals surface area contributed by atoms with Gasteiger partial charge in [-0.15, -0.1) is 0 Å². The van der Waals surface area contributed by atoms with E-state index in [1.54, 1.807) is 6.92 Å². The number of urea groups is 1. The molecular weight excluding hydrogens is 323 g/mol. The number of anilines is 1. The SMILES string of the molecule is Cc1nc(N)c2nc(C)n(CCNC(=O)NP(=O)([O-])[O-])c2c1C. The number of fused-ring (bicyclic) bond motifs is 1. The highest BCUT2D eigenvalue weighted by atomic mass is 31.2. The Morgan fingerprint density at radius 3 is 2.57 bits per heavy atom. The molecule has 0 aliphatic heterocycles. The first-order valence-electron chi connectivity index (χ1n) is 6.78. The number of hydrogen-bond donors (Lipinski definition) is 3. The average Bonchev–Trinajstić information content (AvgIpc) is 2.72. The lowest BCUT2D eigenvalue weighted by atomic mass is 10.2. The maximum atomic E-state index is 11.3. The predicted molar refractivity (Wildman–Crippen MR) is 80.3 cm³/mol. The molecule has 2 aromatic heterocycles. The van der Waals surface area contributed by atoms with Crippen molar-refractivity contribution in [1.82, 2.24) is 24.9 Å². The minimum Gasteiger partial charge on any atom is -0.795 e. The van der Waals surface area contributed by atoms with Crippen LogP contribution >= 0.6 is 7.75 Å². The van der Waals surface area contributed by atoms with E-state index in [-0.39, 0.29) is 6.54 Å². The number of nitrogens with one attached hydrogen (secondary N) is 2. The molecule has 0 aliphatic rings. The predicted octanol–water partition coefficient (Wildman–Crippen LogP) is -0.933. The Labute approximate surface area is 132 Å². The first-order chi connectivity index (χ1) is 10.6. The van der Waals surface area contributed by atoms with Gasteiger partial charge in [0.15, 0.2) is 5.82 Å². The lowest BCUT2D eigenvalue weighted by molar-refractivity contribution is -0.316. The van der Waals surface area contributed by atoms with Crippen LogP contribution in [0.4, 0.5) is 10.6 Å². The summed E-state index contributed by atoms with van der Waals surface area (Å²) in [6, 6.07) is -1.06. The lowest BCUT2D eigenvalue weighted by Gasteiger charge is -2.29. The van der Waals surface area contributed by atoms with Gasteiger partial charge in [-0.05, 0) is 26.3 Å². The van der Waals surface area contributed by atoms with Crippen LogP contribution in [-0.2, 0) is 11.1 Å². The summed E-state index contributed by atoms with van der Waals surface area (Å²) in [4.78, 5) is 40.8. The van der Waals surface area contributed by atoms with E-state index < -0.39 is 13.8 Å². The molecule has 0 unspecified atom stereocenters. The van der Waals surface area contributed by atoms with Crippen molar-refractivity contribution in [2.45, 2.75) is 27.3 Å². The number of pyridine rings is 1. The molecule has 11 heteroatoms. The van der Waals surface area contributed by atoms with Crippen molar-refractivity contribution in [2.24, 2.45) is 0 Å². The molecule has 4 N–H and O–H groups in total. The van der Waals surface area contributed by atoms with Gasteiger partial charge < -0.3 is 35.1 Å².